The van der Waals surface area contributed by atoms with E-state index in [1.54, 1.807) is 35.1 Å². The van der Waals surface area contributed by atoms with E-state index in [1.807, 2.05) is 55.1 Å². The number of thiocarbonyl (C=S) groups is 1. The van der Waals surface area contributed by atoms with E-state index in [9.17, 15) is 14.4 Å². The third kappa shape index (κ3) is 5.16. The molecule has 0 saturated carbocycles. The molecule has 4 heterocycles. The highest BCUT2D eigenvalue weighted by atomic mass is 32.2. The molecule has 0 bridgehead atoms. The summed E-state index contributed by atoms with van der Waals surface area (Å²) in [5.74, 6) is 0.243. The molecule has 0 aliphatic carbocycles. The number of aryl methyl sites for hydroxylation is 1. The number of benzene rings is 1. The van der Waals surface area contributed by atoms with E-state index >= 15 is 0 Å². The van der Waals surface area contributed by atoms with Crippen LogP contribution >= 0.6 is 24.0 Å². The van der Waals surface area contributed by atoms with Crippen LogP contribution in [0.2, 0.25) is 0 Å². The number of carbonyl (C=O) groups excluding carboxylic acids is 2. The van der Waals surface area contributed by atoms with Crippen LogP contribution in [0.25, 0.3) is 11.7 Å². The fourth-order valence-electron chi connectivity index (χ4n) is 4.81. The quantitative estimate of drug-likeness (QED) is 0.337. The minimum Gasteiger partial charge on any atom is -0.450 e. The average Bonchev–Trinajstić information content (AvgIpc) is 3.23. The number of thioether (sulfide) groups is 1. The molecule has 0 radical (unpaired) electrons. The molecule has 1 atom stereocenters. The fraction of sp³-hybridized carbons (Fsp3) is 0.321. The lowest BCUT2D eigenvalue weighted by Crippen LogP contribution is -2.49. The SMILES string of the molecule is CCOC(=O)N1CCN(c2nc3c(C)cccn3c(=O)c2/C=C2\SC(=S)N([C@@H](C)c3ccccc3)C2=O)CC1. The van der Waals surface area contributed by atoms with Crippen LogP contribution in [0.5, 0.6) is 0 Å². The summed E-state index contributed by atoms with van der Waals surface area (Å²) in [5, 5.41) is 0. The number of piperazine rings is 1. The van der Waals surface area contributed by atoms with E-state index in [0.29, 0.717) is 59.0 Å². The van der Waals surface area contributed by atoms with Crippen molar-refractivity contribution in [2.45, 2.75) is 26.8 Å². The van der Waals surface area contributed by atoms with Gasteiger partial charge >= 0.3 is 6.09 Å². The topological polar surface area (TPSA) is 87.5 Å². The van der Waals surface area contributed by atoms with E-state index in [1.165, 1.54) is 16.2 Å². The first-order valence-electron chi connectivity index (χ1n) is 12.8. The molecule has 2 aromatic heterocycles. The molecule has 2 aliphatic rings. The molecule has 39 heavy (non-hydrogen) atoms. The number of anilines is 1. The molecule has 202 valence electrons. The molecule has 2 fully saturated rings. The Labute approximate surface area is 236 Å². The van der Waals surface area contributed by atoms with Gasteiger partial charge < -0.3 is 14.5 Å². The molecule has 11 heteroatoms. The fourth-order valence-corrected chi connectivity index (χ4v) is 6.21. The Morgan fingerprint density at radius 1 is 1.13 bits per heavy atom. The van der Waals surface area contributed by atoms with E-state index in [-0.39, 0.29) is 23.6 Å². The van der Waals surface area contributed by atoms with Gasteiger partial charge in [-0.1, -0.05) is 60.4 Å². The molecule has 1 aromatic carbocycles. The first-order chi connectivity index (χ1) is 18.8. The van der Waals surface area contributed by atoms with Gasteiger partial charge in [-0.3, -0.25) is 18.9 Å². The van der Waals surface area contributed by atoms with Crippen molar-refractivity contribution in [1.29, 1.82) is 0 Å². The standard InChI is InChI=1S/C28H29N5O4S2/c1-4-37-27(36)31-15-13-30(14-16-31)24-21(25(34)32-12-8-9-18(2)23(32)29-24)17-22-26(35)33(28(38)39-22)19(3)20-10-6-5-7-11-20/h5-12,17,19H,4,13-16H2,1-3H3/b22-17-/t19-/m0/s1. The van der Waals surface area contributed by atoms with Crippen molar-refractivity contribution < 1.29 is 14.3 Å². The largest absolute Gasteiger partial charge is 0.450 e. The second kappa shape index (κ2) is 11.2. The van der Waals surface area contributed by atoms with Gasteiger partial charge in [-0.2, -0.15) is 0 Å². The highest BCUT2D eigenvalue weighted by Gasteiger charge is 2.37. The lowest BCUT2D eigenvalue weighted by Gasteiger charge is -2.35. The van der Waals surface area contributed by atoms with Gasteiger partial charge in [0.15, 0.2) is 0 Å². The predicted molar refractivity (Wildman–Crippen MR) is 157 cm³/mol. The van der Waals surface area contributed by atoms with E-state index < -0.39 is 0 Å². The van der Waals surface area contributed by atoms with Crippen molar-refractivity contribution in [3.63, 3.8) is 0 Å². The summed E-state index contributed by atoms with van der Waals surface area (Å²) in [6.07, 6.45) is 2.95. The second-order valence-corrected chi connectivity index (χ2v) is 11.0. The zero-order chi connectivity index (χ0) is 27.7. The molecule has 2 aliphatic heterocycles. The van der Waals surface area contributed by atoms with Crippen LogP contribution in [0, 0.1) is 6.92 Å². The maximum Gasteiger partial charge on any atom is 0.409 e. The Balaban J connectivity index is 1.53. The van der Waals surface area contributed by atoms with E-state index in [4.69, 9.17) is 21.9 Å². The molecular weight excluding hydrogens is 534 g/mol. The summed E-state index contributed by atoms with van der Waals surface area (Å²) in [4.78, 5) is 50.1. The number of hydrogen-bond acceptors (Lipinski definition) is 8. The van der Waals surface area contributed by atoms with Crippen molar-refractivity contribution in [3.8, 4) is 0 Å². The zero-order valence-corrected chi connectivity index (χ0v) is 23.6. The monoisotopic (exact) mass is 563 g/mol. The van der Waals surface area contributed by atoms with Gasteiger partial charge in [0.2, 0.25) is 0 Å². The summed E-state index contributed by atoms with van der Waals surface area (Å²) >= 11 is 6.79. The molecule has 5 rings (SSSR count). The van der Waals surface area contributed by atoms with Gasteiger partial charge in [0.25, 0.3) is 11.5 Å². The predicted octanol–water partition coefficient (Wildman–Crippen LogP) is 4.24. The van der Waals surface area contributed by atoms with Crippen molar-refractivity contribution in [2.24, 2.45) is 0 Å². The van der Waals surface area contributed by atoms with Gasteiger partial charge in [0.05, 0.1) is 23.1 Å². The van der Waals surface area contributed by atoms with E-state index in [0.717, 1.165) is 11.1 Å². The number of pyridine rings is 1. The van der Waals surface area contributed by atoms with Crippen LogP contribution in [-0.2, 0) is 9.53 Å². The van der Waals surface area contributed by atoms with E-state index in [2.05, 4.69) is 0 Å². The van der Waals surface area contributed by atoms with Crippen LogP contribution < -0.4 is 10.5 Å². The van der Waals surface area contributed by atoms with Gasteiger partial charge in [0.1, 0.15) is 15.8 Å². The Morgan fingerprint density at radius 2 is 1.85 bits per heavy atom. The number of fused-ring (bicyclic) bond motifs is 1. The number of aromatic nitrogens is 2. The molecule has 2 amide bonds. The van der Waals surface area contributed by atoms with Crippen LogP contribution in [-0.4, -0.2) is 68.3 Å². The van der Waals surface area contributed by atoms with Gasteiger partial charge in [-0.05, 0) is 44.0 Å². The number of amides is 2. The number of carbonyl (C=O) groups is 2. The first kappa shape index (κ1) is 26.9. The van der Waals surface area contributed by atoms with Crippen molar-refractivity contribution in [2.75, 3.05) is 37.7 Å². The van der Waals surface area contributed by atoms with Crippen LogP contribution in [0.3, 0.4) is 0 Å². The summed E-state index contributed by atoms with van der Waals surface area (Å²) < 4.78 is 7.09. The molecule has 0 unspecified atom stereocenters. The Morgan fingerprint density at radius 3 is 2.54 bits per heavy atom. The Bertz CT molecular complexity index is 1530. The van der Waals surface area contributed by atoms with Crippen LogP contribution in [0.4, 0.5) is 10.6 Å². The third-order valence-electron chi connectivity index (χ3n) is 6.94. The van der Waals surface area contributed by atoms with Crippen molar-refractivity contribution in [3.05, 3.63) is 80.6 Å². The van der Waals surface area contributed by atoms with Gasteiger partial charge in [-0.15, -0.1) is 0 Å². The van der Waals surface area contributed by atoms with Crippen molar-refractivity contribution >= 4 is 57.8 Å². The average molecular weight is 564 g/mol. The Kier molecular flexibility index (Phi) is 7.72. The minimum absolute atomic E-state index is 0.242. The summed E-state index contributed by atoms with van der Waals surface area (Å²) in [6, 6.07) is 13.2. The van der Waals surface area contributed by atoms with Crippen molar-refractivity contribution in [1.82, 2.24) is 19.2 Å². The molecule has 2 saturated heterocycles. The number of ether oxygens (including phenoxy) is 1. The van der Waals surface area contributed by atoms with Gasteiger partial charge in [0, 0.05) is 32.4 Å². The molecule has 0 spiro atoms. The lowest BCUT2D eigenvalue weighted by atomic mass is 10.1. The highest BCUT2D eigenvalue weighted by molar-refractivity contribution is 8.26. The smallest absolute Gasteiger partial charge is 0.409 e. The molecule has 9 nitrogen and oxygen atoms in total. The summed E-state index contributed by atoms with van der Waals surface area (Å²) in [7, 11) is 0. The second-order valence-electron chi connectivity index (χ2n) is 9.35. The summed E-state index contributed by atoms with van der Waals surface area (Å²) in [5.41, 5.74) is 2.42. The van der Waals surface area contributed by atoms with Crippen LogP contribution in [0.15, 0.2) is 58.4 Å². The molecule has 0 N–H and O–H groups in total. The number of hydrogen-bond donors (Lipinski definition) is 0. The maximum atomic E-state index is 13.8. The summed E-state index contributed by atoms with van der Waals surface area (Å²) in [6.45, 7) is 7.74. The first-order valence-corrected chi connectivity index (χ1v) is 14.0. The molecular formula is C28H29N5O4S2. The minimum atomic E-state index is -0.351. The van der Waals surface area contributed by atoms with Crippen LogP contribution in [0.1, 0.15) is 36.6 Å². The highest BCUT2D eigenvalue weighted by Crippen LogP contribution is 2.38. The van der Waals surface area contributed by atoms with Gasteiger partial charge in [-0.25, -0.2) is 9.78 Å². The maximum absolute atomic E-state index is 13.8. The third-order valence-corrected chi connectivity index (χ3v) is 8.27. The zero-order valence-electron chi connectivity index (χ0n) is 22.0. The molecule has 3 aromatic rings. The number of rotatable bonds is 5. The lowest BCUT2D eigenvalue weighted by molar-refractivity contribution is -0.123. The number of nitrogens with zero attached hydrogens (tertiary/aromatic N) is 5. The normalized spacial score (nSPS) is 17.8. The Hall–Kier alpha value is -3.70.